The van der Waals surface area contributed by atoms with Gasteiger partial charge in [-0.25, -0.2) is 0 Å². The summed E-state index contributed by atoms with van der Waals surface area (Å²) in [5.41, 5.74) is 0. The summed E-state index contributed by atoms with van der Waals surface area (Å²) in [6.07, 6.45) is 5.42. The Balaban J connectivity index is 4.30. The molecule has 0 spiro atoms. The summed E-state index contributed by atoms with van der Waals surface area (Å²) in [7, 11) is 0. The molecule has 0 aromatic rings. The first kappa shape index (κ1) is 18.9. The van der Waals surface area contributed by atoms with Gasteiger partial charge < -0.3 is 10.0 Å². The SMILES string of the molecule is CCCCN(CCCC)C(=O)CNC(CCC)C(=O)O. The van der Waals surface area contributed by atoms with Crippen LogP contribution < -0.4 is 5.32 Å². The Hall–Kier alpha value is -1.10. The molecule has 0 saturated carbocycles. The molecule has 0 aromatic carbocycles. The summed E-state index contributed by atoms with van der Waals surface area (Å²) in [6, 6.07) is -0.622. The van der Waals surface area contributed by atoms with E-state index in [1.165, 1.54) is 0 Å². The van der Waals surface area contributed by atoms with Gasteiger partial charge in [0.2, 0.25) is 5.91 Å². The maximum Gasteiger partial charge on any atom is 0.320 e. The fraction of sp³-hybridized carbons (Fsp3) is 0.867. The smallest absolute Gasteiger partial charge is 0.320 e. The average Bonchev–Trinajstić information content (AvgIpc) is 2.43. The molecule has 0 bridgehead atoms. The predicted octanol–water partition coefficient (Wildman–Crippen LogP) is 2.26. The normalized spacial score (nSPS) is 12.2. The molecule has 0 aromatic heterocycles. The molecular formula is C15H30N2O3. The highest BCUT2D eigenvalue weighted by molar-refractivity contribution is 5.80. The van der Waals surface area contributed by atoms with E-state index in [0.29, 0.717) is 6.42 Å². The second-order valence-electron chi connectivity index (χ2n) is 5.15. The molecule has 0 fully saturated rings. The first-order valence-corrected chi connectivity index (χ1v) is 7.80. The molecular weight excluding hydrogens is 256 g/mol. The van der Waals surface area contributed by atoms with E-state index in [4.69, 9.17) is 5.11 Å². The standard InChI is InChI=1S/C15H30N2O3/c1-4-7-10-17(11-8-5-2)14(18)12-16-13(9-6-3)15(19)20/h13,16H,4-12H2,1-3H3,(H,19,20). The summed E-state index contributed by atoms with van der Waals surface area (Å²) in [6.45, 7) is 7.79. The molecule has 2 N–H and O–H groups in total. The number of carbonyl (C=O) groups excluding carboxylic acids is 1. The number of hydrogen-bond acceptors (Lipinski definition) is 3. The fourth-order valence-corrected chi connectivity index (χ4v) is 1.98. The van der Waals surface area contributed by atoms with Crippen molar-refractivity contribution in [2.75, 3.05) is 19.6 Å². The van der Waals surface area contributed by atoms with Crippen LogP contribution in [0.15, 0.2) is 0 Å². The highest BCUT2D eigenvalue weighted by atomic mass is 16.4. The minimum atomic E-state index is -0.881. The molecule has 0 aliphatic carbocycles. The molecule has 0 aliphatic rings. The largest absolute Gasteiger partial charge is 0.480 e. The molecule has 1 atom stereocenters. The number of nitrogens with one attached hydrogen (secondary N) is 1. The predicted molar refractivity (Wildman–Crippen MR) is 80.7 cm³/mol. The third-order valence-corrected chi connectivity index (χ3v) is 3.29. The van der Waals surface area contributed by atoms with Crippen molar-refractivity contribution in [2.24, 2.45) is 0 Å². The quantitative estimate of drug-likeness (QED) is 0.577. The van der Waals surface area contributed by atoms with Gasteiger partial charge in [-0.1, -0.05) is 40.0 Å². The number of rotatable bonds is 12. The minimum Gasteiger partial charge on any atom is -0.480 e. The van der Waals surface area contributed by atoms with Crippen LogP contribution in [0.25, 0.3) is 0 Å². The van der Waals surface area contributed by atoms with Gasteiger partial charge >= 0.3 is 5.97 Å². The lowest BCUT2D eigenvalue weighted by Gasteiger charge is -2.23. The van der Waals surface area contributed by atoms with Crippen molar-refractivity contribution < 1.29 is 14.7 Å². The van der Waals surface area contributed by atoms with Crippen LogP contribution in [-0.2, 0) is 9.59 Å². The van der Waals surface area contributed by atoms with Gasteiger partial charge in [-0.05, 0) is 19.3 Å². The maximum absolute atomic E-state index is 12.2. The van der Waals surface area contributed by atoms with Gasteiger partial charge in [0, 0.05) is 13.1 Å². The summed E-state index contributed by atoms with van der Waals surface area (Å²) in [5.74, 6) is -0.873. The Kier molecular flexibility index (Phi) is 11.1. The lowest BCUT2D eigenvalue weighted by Crippen LogP contribution is -2.45. The van der Waals surface area contributed by atoms with Crippen molar-refractivity contribution in [1.29, 1.82) is 0 Å². The van der Waals surface area contributed by atoms with Gasteiger partial charge in [0.1, 0.15) is 6.04 Å². The van der Waals surface area contributed by atoms with E-state index in [1.54, 1.807) is 0 Å². The highest BCUT2D eigenvalue weighted by Gasteiger charge is 2.19. The monoisotopic (exact) mass is 286 g/mol. The molecule has 0 aliphatic heterocycles. The van der Waals surface area contributed by atoms with Crippen molar-refractivity contribution in [2.45, 2.75) is 65.3 Å². The Morgan fingerprint density at radius 1 is 1.05 bits per heavy atom. The number of aliphatic carboxylic acids is 1. The van der Waals surface area contributed by atoms with Crippen LogP contribution in [0.1, 0.15) is 59.3 Å². The Labute approximate surface area is 122 Å². The molecule has 1 amide bonds. The van der Waals surface area contributed by atoms with Crippen molar-refractivity contribution in [3.63, 3.8) is 0 Å². The Morgan fingerprint density at radius 3 is 2.00 bits per heavy atom. The number of carboxylic acids is 1. The van der Waals surface area contributed by atoms with Crippen molar-refractivity contribution >= 4 is 11.9 Å². The van der Waals surface area contributed by atoms with E-state index in [2.05, 4.69) is 19.2 Å². The second-order valence-corrected chi connectivity index (χ2v) is 5.15. The van der Waals surface area contributed by atoms with Gasteiger partial charge in [0.25, 0.3) is 0 Å². The van der Waals surface area contributed by atoms with Crippen LogP contribution in [0.3, 0.4) is 0 Å². The molecule has 20 heavy (non-hydrogen) atoms. The van der Waals surface area contributed by atoms with Crippen LogP contribution in [-0.4, -0.2) is 47.6 Å². The molecule has 1 unspecified atom stereocenters. The number of nitrogens with zero attached hydrogens (tertiary/aromatic N) is 1. The van der Waals surface area contributed by atoms with Crippen LogP contribution >= 0.6 is 0 Å². The number of hydrogen-bond donors (Lipinski definition) is 2. The third-order valence-electron chi connectivity index (χ3n) is 3.29. The van der Waals surface area contributed by atoms with Crippen molar-refractivity contribution in [3.8, 4) is 0 Å². The van der Waals surface area contributed by atoms with E-state index in [-0.39, 0.29) is 12.5 Å². The van der Waals surface area contributed by atoms with Crippen LogP contribution in [0.4, 0.5) is 0 Å². The summed E-state index contributed by atoms with van der Waals surface area (Å²) >= 11 is 0. The molecule has 0 heterocycles. The van der Waals surface area contributed by atoms with Crippen LogP contribution in [0, 0.1) is 0 Å². The van der Waals surface area contributed by atoms with Gasteiger partial charge in [0.15, 0.2) is 0 Å². The first-order valence-electron chi connectivity index (χ1n) is 7.80. The first-order chi connectivity index (χ1) is 9.56. The molecule has 118 valence electrons. The lowest BCUT2D eigenvalue weighted by atomic mass is 10.1. The second kappa shape index (κ2) is 11.7. The van der Waals surface area contributed by atoms with Crippen molar-refractivity contribution in [3.05, 3.63) is 0 Å². The molecule has 5 nitrogen and oxygen atoms in total. The van der Waals surface area contributed by atoms with Gasteiger partial charge in [-0.3, -0.25) is 14.9 Å². The Bertz CT molecular complexity index is 274. The summed E-state index contributed by atoms with van der Waals surface area (Å²) < 4.78 is 0. The summed E-state index contributed by atoms with van der Waals surface area (Å²) in [5, 5.41) is 11.9. The number of carboxylic acid groups (broad SMARTS) is 1. The highest BCUT2D eigenvalue weighted by Crippen LogP contribution is 2.01. The van der Waals surface area contributed by atoms with Gasteiger partial charge in [0.05, 0.1) is 6.54 Å². The maximum atomic E-state index is 12.2. The van der Waals surface area contributed by atoms with Gasteiger partial charge in [-0.2, -0.15) is 0 Å². The lowest BCUT2D eigenvalue weighted by molar-refractivity contribution is -0.140. The molecule has 5 heteroatoms. The summed E-state index contributed by atoms with van der Waals surface area (Å²) in [4.78, 5) is 25.0. The van der Waals surface area contributed by atoms with E-state index in [0.717, 1.165) is 45.2 Å². The van der Waals surface area contributed by atoms with Crippen LogP contribution in [0.5, 0.6) is 0 Å². The number of unbranched alkanes of at least 4 members (excludes halogenated alkanes) is 2. The van der Waals surface area contributed by atoms with Crippen molar-refractivity contribution in [1.82, 2.24) is 10.2 Å². The fourth-order valence-electron chi connectivity index (χ4n) is 1.98. The topological polar surface area (TPSA) is 69.6 Å². The zero-order valence-electron chi connectivity index (χ0n) is 13.2. The van der Waals surface area contributed by atoms with E-state index in [1.807, 2.05) is 11.8 Å². The zero-order chi connectivity index (χ0) is 15.4. The Morgan fingerprint density at radius 2 is 1.60 bits per heavy atom. The molecule has 0 rings (SSSR count). The average molecular weight is 286 g/mol. The van der Waals surface area contributed by atoms with E-state index in [9.17, 15) is 9.59 Å². The zero-order valence-corrected chi connectivity index (χ0v) is 13.2. The van der Waals surface area contributed by atoms with Gasteiger partial charge in [-0.15, -0.1) is 0 Å². The van der Waals surface area contributed by atoms with Crippen LogP contribution in [0.2, 0.25) is 0 Å². The molecule has 0 radical (unpaired) electrons. The minimum absolute atomic E-state index is 0.00857. The number of carbonyl (C=O) groups is 2. The molecule has 0 saturated heterocycles. The third kappa shape index (κ3) is 8.15. The number of amides is 1. The van der Waals surface area contributed by atoms with E-state index >= 15 is 0 Å². The van der Waals surface area contributed by atoms with E-state index < -0.39 is 12.0 Å².